The molecule has 5 heteroatoms. The van der Waals surface area contributed by atoms with Crippen molar-refractivity contribution in [1.29, 1.82) is 0 Å². The minimum absolute atomic E-state index is 0.592. The van der Waals surface area contributed by atoms with E-state index in [1.165, 1.54) is 11.1 Å². The number of nitrogens with one attached hydrogen (secondary N) is 1. The molecule has 1 aromatic heterocycles. The molecule has 0 unspecified atom stereocenters. The summed E-state index contributed by atoms with van der Waals surface area (Å²) in [6.45, 7) is 4.50. The fourth-order valence-corrected chi connectivity index (χ4v) is 2.52. The lowest BCUT2D eigenvalue weighted by molar-refractivity contribution is 0.851. The van der Waals surface area contributed by atoms with Gasteiger partial charge in [-0.25, -0.2) is 4.98 Å². The third kappa shape index (κ3) is 2.36. The zero-order valence-electron chi connectivity index (χ0n) is 10.7. The zero-order valence-corrected chi connectivity index (χ0v) is 11.5. The van der Waals surface area contributed by atoms with E-state index in [-0.39, 0.29) is 0 Å². The van der Waals surface area contributed by atoms with Gasteiger partial charge in [-0.2, -0.15) is 4.98 Å². The summed E-state index contributed by atoms with van der Waals surface area (Å²) in [5.74, 6) is 1.42. The van der Waals surface area contributed by atoms with Crippen LogP contribution in [0.3, 0.4) is 0 Å². The van der Waals surface area contributed by atoms with Gasteiger partial charge in [-0.15, -0.1) is 0 Å². The van der Waals surface area contributed by atoms with Crippen LogP contribution < -0.4 is 10.2 Å². The van der Waals surface area contributed by atoms with Crippen molar-refractivity contribution >= 4 is 23.4 Å². The van der Waals surface area contributed by atoms with Crippen LogP contribution in [0, 0.1) is 0 Å². The summed E-state index contributed by atoms with van der Waals surface area (Å²) < 4.78 is 0. The number of benzene rings is 1. The first kappa shape index (κ1) is 12.2. The smallest absolute Gasteiger partial charge is 0.224 e. The molecule has 0 spiro atoms. The lowest BCUT2D eigenvalue weighted by Crippen LogP contribution is -2.17. The van der Waals surface area contributed by atoms with Crippen LogP contribution in [0.4, 0.5) is 11.8 Å². The molecule has 0 bridgehead atoms. The monoisotopic (exact) mass is 274 g/mol. The molecule has 0 saturated carbocycles. The highest BCUT2D eigenvalue weighted by Crippen LogP contribution is 2.31. The molecule has 0 saturated heterocycles. The Morgan fingerprint density at radius 2 is 1.95 bits per heavy atom. The summed E-state index contributed by atoms with van der Waals surface area (Å²) in [7, 11) is 0. The summed E-state index contributed by atoms with van der Waals surface area (Å²) in [6.07, 6.45) is 1.66. The van der Waals surface area contributed by atoms with Crippen molar-refractivity contribution in [2.75, 3.05) is 16.8 Å². The molecule has 0 fully saturated rings. The summed E-state index contributed by atoms with van der Waals surface area (Å²) in [5.41, 5.74) is 2.67. The Bertz CT molecular complexity index is 575. The number of halogens is 1. The van der Waals surface area contributed by atoms with E-state index < -0.39 is 0 Å². The molecule has 0 atom stereocenters. The van der Waals surface area contributed by atoms with Crippen LogP contribution in [0.5, 0.6) is 0 Å². The number of rotatable bonds is 3. The summed E-state index contributed by atoms with van der Waals surface area (Å²) in [6, 6.07) is 8.42. The van der Waals surface area contributed by atoms with Crippen molar-refractivity contribution in [3.63, 3.8) is 0 Å². The maximum Gasteiger partial charge on any atom is 0.224 e. The van der Waals surface area contributed by atoms with E-state index in [0.717, 1.165) is 25.5 Å². The van der Waals surface area contributed by atoms with Gasteiger partial charge < -0.3 is 10.2 Å². The third-order valence-corrected chi connectivity index (χ3v) is 3.47. The van der Waals surface area contributed by atoms with Gasteiger partial charge in [0, 0.05) is 19.6 Å². The minimum Gasteiger partial charge on any atom is -0.354 e. The van der Waals surface area contributed by atoms with Crippen LogP contribution in [0.2, 0.25) is 5.02 Å². The maximum atomic E-state index is 6.22. The molecule has 1 aromatic carbocycles. The Morgan fingerprint density at radius 1 is 1.26 bits per heavy atom. The van der Waals surface area contributed by atoms with E-state index in [4.69, 9.17) is 11.6 Å². The predicted molar refractivity (Wildman–Crippen MR) is 77.5 cm³/mol. The molecule has 2 aromatic rings. The second kappa shape index (κ2) is 5.05. The fraction of sp³-hybridized carbons (Fsp3) is 0.286. The number of anilines is 2. The zero-order chi connectivity index (χ0) is 13.2. The molecule has 1 aliphatic heterocycles. The van der Waals surface area contributed by atoms with Crippen molar-refractivity contribution < 1.29 is 0 Å². The van der Waals surface area contributed by atoms with Gasteiger partial charge in [0.1, 0.15) is 5.02 Å². The van der Waals surface area contributed by atoms with Crippen molar-refractivity contribution in [2.24, 2.45) is 0 Å². The minimum atomic E-state index is 0.592. The molecule has 1 aliphatic rings. The number of fused-ring (bicyclic) bond motifs is 1. The average Bonchev–Trinajstić information content (AvgIpc) is 2.85. The molecule has 0 radical (unpaired) electrons. The highest BCUT2D eigenvalue weighted by molar-refractivity contribution is 6.32. The lowest BCUT2D eigenvalue weighted by Gasteiger charge is -2.18. The standard InChI is InChI=1S/C14H15ClN4/c1-2-16-14-17-7-12(15)13(18-14)19-8-10-5-3-4-6-11(10)9-19/h3-7H,2,8-9H2,1H3,(H,16,17,18). The van der Waals surface area contributed by atoms with E-state index in [0.29, 0.717) is 11.0 Å². The molecule has 2 heterocycles. The molecule has 1 N–H and O–H groups in total. The van der Waals surface area contributed by atoms with Gasteiger partial charge in [0.05, 0.1) is 6.20 Å². The van der Waals surface area contributed by atoms with E-state index in [1.807, 2.05) is 6.92 Å². The van der Waals surface area contributed by atoms with Gasteiger partial charge in [0.15, 0.2) is 5.82 Å². The third-order valence-electron chi connectivity index (χ3n) is 3.20. The quantitative estimate of drug-likeness (QED) is 0.934. The Hall–Kier alpha value is -1.81. The molecular formula is C14H15ClN4. The Labute approximate surface area is 117 Å². The largest absolute Gasteiger partial charge is 0.354 e. The first-order chi connectivity index (χ1) is 9.28. The van der Waals surface area contributed by atoms with Crippen molar-refractivity contribution in [3.05, 3.63) is 46.6 Å². The average molecular weight is 275 g/mol. The second-order valence-electron chi connectivity index (χ2n) is 4.52. The second-order valence-corrected chi connectivity index (χ2v) is 4.93. The summed E-state index contributed by atoms with van der Waals surface area (Å²) >= 11 is 6.22. The van der Waals surface area contributed by atoms with Gasteiger partial charge in [-0.1, -0.05) is 35.9 Å². The molecular weight excluding hydrogens is 260 g/mol. The number of hydrogen-bond acceptors (Lipinski definition) is 4. The number of nitrogens with zero attached hydrogens (tertiary/aromatic N) is 3. The van der Waals surface area contributed by atoms with Gasteiger partial charge in [-0.3, -0.25) is 0 Å². The summed E-state index contributed by atoms with van der Waals surface area (Å²) in [5, 5.41) is 3.70. The lowest BCUT2D eigenvalue weighted by atomic mass is 10.1. The van der Waals surface area contributed by atoms with Crippen molar-refractivity contribution in [3.8, 4) is 0 Å². The highest BCUT2D eigenvalue weighted by atomic mass is 35.5. The van der Waals surface area contributed by atoms with Crippen LogP contribution >= 0.6 is 11.6 Å². The number of hydrogen-bond donors (Lipinski definition) is 1. The molecule has 0 amide bonds. The molecule has 4 nitrogen and oxygen atoms in total. The first-order valence-electron chi connectivity index (χ1n) is 6.36. The Morgan fingerprint density at radius 3 is 2.58 bits per heavy atom. The van der Waals surface area contributed by atoms with Crippen molar-refractivity contribution in [1.82, 2.24) is 9.97 Å². The van der Waals surface area contributed by atoms with Crippen LogP contribution in [-0.2, 0) is 13.1 Å². The van der Waals surface area contributed by atoms with Gasteiger partial charge in [-0.05, 0) is 18.1 Å². The van der Waals surface area contributed by atoms with Crippen molar-refractivity contribution in [2.45, 2.75) is 20.0 Å². The van der Waals surface area contributed by atoms with Gasteiger partial charge >= 0.3 is 0 Å². The summed E-state index contributed by atoms with van der Waals surface area (Å²) in [4.78, 5) is 10.8. The van der Waals surface area contributed by atoms with Gasteiger partial charge in [0.2, 0.25) is 5.95 Å². The predicted octanol–water partition coefficient (Wildman–Crippen LogP) is 3.08. The first-order valence-corrected chi connectivity index (χ1v) is 6.74. The van der Waals surface area contributed by atoms with E-state index >= 15 is 0 Å². The molecule has 3 rings (SSSR count). The Balaban J connectivity index is 1.90. The van der Waals surface area contributed by atoms with Crippen LogP contribution in [-0.4, -0.2) is 16.5 Å². The molecule has 0 aliphatic carbocycles. The van der Waals surface area contributed by atoms with E-state index in [9.17, 15) is 0 Å². The SMILES string of the molecule is CCNc1ncc(Cl)c(N2Cc3ccccc3C2)n1. The van der Waals surface area contributed by atoms with Crippen LogP contribution in [0.1, 0.15) is 18.1 Å². The fourth-order valence-electron chi connectivity index (χ4n) is 2.31. The van der Waals surface area contributed by atoms with Gasteiger partial charge in [0.25, 0.3) is 0 Å². The van der Waals surface area contributed by atoms with E-state index in [2.05, 4.69) is 44.5 Å². The van der Waals surface area contributed by atoms with E-state index in [1.54, 1.807) is 6.20 Å². The topological polar surface area (TPSA) is 41.1 Å². The van der Waals surface area contributed by atoms with Crippen LogP contribution in [0.25, 0.3) is 0 Å². The van der Waals surface area contributed by atoms with Crippen LogP contribution in [0.15, 0.2) is 30.5 Å². The normalized spacial score (nSPS) is 13.5. The number of aromatic nitrogens is 2. The highest BCUT2D eigenvalue weighted by Gasteiger charge is 2.22. The maximum absolute atomic E-state index is 6.22. The molecule has 98 valence electrons. The molecule has 19 heavy (non-hydrogen) atoms. The Kier molecular flexibility index (Phi) is 3.25.